The second-order valence-corrected chi connectivity index (χ2v) is 5.66. The van der Waals surface area contributed by atoms with E-state index in [2.05, 4.69) is 4.90 Å². The van der Waals surface area contributed by atoms with Crippen molar-refractivity contribution in [3.63, 3.8) is 0 Å². The van der Waals surface area contributed by atoms with Crippen LogP contribution in [0, 0.1) is 10.1 Å². The number of Topliss-reactive ketones (excluding diaryl/α,β-unsaturated/α-hetero) is 1. The lowest BCUT2D eigenvalue weighted by atomic mass is 10.1. The molecule has 120 valence electrons. The molecule has 2 aromatic rings. The molecule has 0 bridgehead atoms. The summed E-state index contributed by atoms with van der Waals surface area (Å²) in [6, 6.07) is 10.5. The number of nitro groups is 1. The normalized spacial score (nSPS) is 14.2. The number of nitrogens with zero attached hydrogens (tertiary/aromatic N) is 2. The smallest absolute Gasteiger partial charge is 0.406 e. The van der Waals surface area contributed by atoms with Gasteiger partial charge in [0.1, 0.15) is 10.7 Å². The summed E-state index contributed by atoms with van der Waals surface area (Å²) >= 11 is 0. The molecule has 1 aromatic carbocycles. The topological polar surface area (TPSA) is 76.6 Å². The first-order valence-electron chi connectivity index (χ1n) is 7.75. The Kier molecular flexibility index (Phi) is 4.41. The highest BCUT2D eigenvalue weighted by atomic mass is 16.6. The minimum absolute atomic E-state index is 0.0111. The number of anilines is 1. The third-order valence-corrected chi connectivity index (χ3v) is 4.09. The van der Waals surface area contributed by atoms with Crippen LogP contribution in [-0.4, -0.2) is 23.8 Å². The van der Waals surface area contributed by atoms with Gasteiger partial charge in [-0.1, -0.05) is 0 Å². The van der Waals surface area contributed by atoms with Gasteiger partial charge in [0.25, 0.3) is 0 Å². The molecule has 0 N–H and O–H groups in total. The highest BCUT2D eigenvalue weighted by Gasteiger charge is 2.15. The molecular weight excluding hydrogens is 296 g/mol. The van der Waals surface area contributed by atoms with Crippen molar-refractivity contribution in [1.82, 2.24) is 0 Å². The van der Waals surface area contributed by atoms with E-state index in [0.29, 0.717) is 17.7 Å². The molecule has 3 rings (SSSR count). The molecular formula is C17H18N2O4. The molecule has 6 heteroatoms. The molecule has 0 saturated carbocycles. The molecule has 0 spiro atoms. The molecule has 0 aliphatic carbocycles. The van der Waals surface area contributed by atoms with Crippen molar-refractivity contribution in [1.29, 1.82) is 0 Å². The summed E-state index contributed by atoms with van der Waals surface area (Å²) in [5.41, 5.74) is 1.81. The number of ketones is 1. The van der Waals surface area contributed by atoms with E-state index in [1.165, 1.54) is 18.9 Å². The summed E-state index contributed by atoms with van der Waals surface area (Å²) in [6.07, 6.45) is 3.07. The first-order valence-corrected chi connectivity index (χ1v) is 7.75. The fourth-order valence-electron chi connectivity index (χ4n) is 2.81. The minimum Gasteiger partial charge on any atom is -0.406 e. The van der Waals surface area contributed by atoms with Crippen LogP contribution < -0.4 is 4.90 Å². The number of carbonyl (C=O) groups is 1. The number of aryl methyl sites for hydroxylation is 1. The van der Waals surface area contributed by atoms with E-state index in [4.69, 9.17) is 4.42 Å². The Balaban J connectivity index is 1.58. The van der Waals surface area contributed by atoms with Crippen molar-refractivity contribution < 1.29 is 14.1 Å². The van der Waals surface area contributed by atoms with Crippen LogP contribution in [0.25, 0.3) is 0 Å². The first-order chi connectivity index (χ1) is 11.1. The highest BCUT2D eigenvalue weighted by molar-refractivity contribution is 5.96. The Morgan fingerprint density at radius 3 is 2.43 bits per heavy atom. The molecule has 0 atom stereocenters. The van der Waals surface area contributed by atoms with Gasteiger partial charge in [-0.15, -0.1) is 0 Å². The molecule has 1 aliphatic heterocycles. The lowest BCUT2D eigenvalue weighted by Crippen LogP contribution is -2.17. The van der Waals surface area contributed by atoms with Gasteiger partial charge in [0, 0.05) is 37.2 Å². The van der Waals surface area contributed by atoms with E-state index in [-0.39, 0.29) is 18.1 Å². The zero-order valence-corrected chi connectivity index (χ0v) is 12.7. The fraction of sp³-hybridized carbons (Fsp3) is 0.353. The molecule has 6 nitrogen and oxygen atoms in total. The number of hydrogen-bond acceptors (Lipinski definition) is 5. The van der Waals surface area contributed by atoms with Crippen molar-refractivity contribution in [2.75, 3.05) is 18.0 Å². The maximum atomic E-state index is 12.2. The monoisotopic (exact) mass is 314 g/mol. The van der Waals surface area contributed by atoms with Crippen molar-refractivity contribution in [3.8, 4) is 0 Å². The van der Waals surface area contributed by atoms with Crippen LogP contribution >= 0.6 is 0 Å². The predicted octanol–water partition coefficient (Wildman–Crippen LogP) is 3.60. The molecule has 0 amide bonds. The van der Waals surface area contributed by atoms with Gasteiger partial charge in [0.15, 0.2) is 5.78 Å². The zero-order chi connectivity index (χ0) is 16.2. The molecule has 0 unspecified atom stereocenters. The number of furan rings is 1. The van der Waals surface area contributed by atoms with Gasteiger partial charge in [0.2, 0.25) is 0 Å². The van der Waals surface area contributed by atoms with Crippen LogP contribution in [0.5, 0.6) is 0 Å². The van der Waals surface area contributed by atoms with Crippen LogP contribution in [0.2, 0.25) is 0 Å². The summed E-state index contributed by atoms with van der Waals surface area (Å²) < 4.78 is 5.06. The maximum absolute atomic E-state index is 12.2. The number of benzene rings is 1. The standard InChI is InChI=1S/C17H18N2O4/c20-16(9-7-15-8-10-17(23-15)19(21)22)13-3-5-14(6-4-13)18-11-1-2-12-18/h3-6,8,10H,1-2,7,9,11-12H2. The minimum atomic E-state index is -0.581. The lowest BCUT2D eigenvalue weighted by molar-refractivity contribution is -0.402. The van der Waals surface area contributed by atoms with Gasteiger partial charge < -0.3 is 9.32 Å². The van der Waals surface area contributed by atoms with E-state index < -0.39 is 4.92 Å². The second-order valence-electron chi connectivity index (χ2n) is 5.66. The summed E-state index contributed by atoms with van der Waals surface area (Å²) in [5, 5.41) is 10.6. The van der Waals surface area contributed by atoms with Crippen molar-refractivity contribution in [3.05, 3.63) is 57.8 Å². The first kappa shape index (κ1) is 15.3. The second kappa shape index (κ2) is 6.64. The zero-order valence-electron chi connectivity index (χ0n) is 12.7. The van der Waals surface area contributed by atoms with Crippen LogP contribution in [0.4, 0.5) is 11.6 Å². The van der Waals surface area contributed by atoms with Crippen molar-refractivity contribution in [2.45, 2.75) is 25.7 Å². The molecule has 0 radical (unpaired) electrons. The van der Waals surface area contributed by atoms with Gasteiger partial charge in [-0.25, -0.2) is 0 Å². The highest BCUT2D eigenvalue weighted by Crippen LogP contribution is 2.22. The van der Waals surface area contributed by atoms with Crippen LogP contribution in [0.15, 0.2) is 40.8 Å². The van der Waals surface area contributed by atoms with Crippen molar-refractivity contribution in [2.24, 2.45) is 0 Å². The Bertz CT molecular complexity index is 700. The quantitative estimate of drug-likeness (QED) is 0.462. The number of hydrogen-bond donors (Lipinski definition) is 0. The van der Waals surface area contributed by atoms with Crippen LogP contribution in [0.3, 0.4) is 0 Å². The Morgan fingerprint density at radius 2 is 1.83 bits per heavy atom. The Labute approximate surface area is 133 Å². The summed E-state index contributed by atoms with van der Waals surface area (Å²) in [7, 11) is 0. The Morgan fingerprint density at radius 1 is 1.13 bits per heavy atom. The molecule has 1 saturated heterocycles. The summed E-state index contributed by atoms with van der Waals surface area (Å²) in [6.45, 7) is 2.15. The average Bonchev–Trinajstić information content (AvgIpc) is 3.24. The average molecular weight is 314 g/mol. The van der Waals surface area contributed by atoms with E-state index in [1.807, 2.05) is 24.3 Å². The SMILES string of the molecule is O=C(CCc1ccc([N+](=O)[O-])o1)c1ccc(N2CCCC2)cc1. The van der Waals surface area contributed by atoms with Gasteiger partial charge >= 0.3 is 5.88 Å². The number of carbonyl (C=O) groups excluding carboxylic acids is 1. The van der Waals surface area contributed by atoms with E-state index in [9.17, 15) is 14.9 Å². The molecule has 1 fully saturated rings. The summed E-state index contributed by atoms with van der Waals surface area (Å²) in [5.74, 6) is 0.179. The molecule has 2 heterocycles. The predicted molar refractivity (Wildman–Crippen MR) is 85.9 cm³/mol. The largest absolute Gasteiger partial charge is 0.433 e. The maximum Gasteiger partial charge on any atom is 0.433 e. The van der Waals surface area contributed by atoms with E-state index in [0.717, 1.165) is 18.8 Å². The van der Waals surface area contributed by atoms with Gasteiger partial charge in [-0.2, -0.15) is 0 Å². The van der Waals surface area contributed by atoms with Gasteiger partial charge in [-0.05, 0) is 43.2 Å². The molecule has 1 aliphatic rings. The molecule has 23 heavy (non-hydrogen) atoms. The summed E-state index contributed by atoms with van der Waals surface area (Å²) in [4.78, 5) is 24.5. The van der Waals surface area contributed by atoms with Gasteiger partial charge in [0.05, 0.1) is 6.07 Å². The third kappa shape index (κ3) is 3.59. The Hall–Kier alpha value is -2.63. The third-order valence-electron chi connectivity index (χ3n) is 4.09. The molecule has 1 aromatic heterocycles. The van der Waals surface area contributed by atoms with E-state index in [1.54, 1.807) is 6.07 Å². The fourth-order valence-corrected chi connectivity index (χ4v) is 2.81. The number of rotatable bonds is 6. The van der Waals surface area contributed by atoms with Crippen LogP contribution in [-0.2, 0) is 6.42 Å². The lowest BCUT2D eigenvalue weighted by Gasteiger charge is -2.17. The van der Waals surface area contributed by atoms with Gasteiger partial charge in [-0.3, -0.25) is 14.9 Å². The van der Waals surface area contributed by atoms with Crippen molar-refractivity contribution >= 4 is 17.4 Å². The van der Waals surface area contributed by atoms with E-state index >= 15 is 0 Å². The van der Waals surface area contributed by atoms with Crippen LogP contribution in [0.1, 0.15) is 35.4 Å².